The first-order chi connectivity index (χ1) is 12.3. The van der Waals surface area contributed by atoms with Gasteiger partial charge >= 0.3 is 5.97 Å². The minimum absolute atomic E-state index is 0.0272. The zero-order valence-corrected chi connectivity index (χ0v) is 15.4. The first-order valence-electron chi connectivity index (χ1n) is 8.04. The van der Waals surface area contributed by atoms with Gasteiger partial charge in [-0.25, -0.2) is 8.42 Å². The summed E-state index contributed by atoms with van der Waals surface area (Å²) in [5.74, 6) is -2.22. The number of benzene rings is 1. The number of sulfonamides is 1. The van der Waals surface area contributed by atoms with Crippen molar-refractivity contribution in [3.05, 3.63) is 23.8 Å². The second-order valence-corrected chi connectivity index (χ2v) is 7.77. The van der Waals surface area contributed by atoms with Crippen LogP contribution < -0.4 is 10.1 Å². The number of nitrogens with one attached hydrogen (secondary N) is 1. The van der Waals surface area contributed by atoms with Crippen LogP contribution in [0.2, 0.25) is 0 Å². The number of ether oxygens (including phenoxy) is 2. The van der Waals surface area contributed by atoms with Crippen LogP contribution in [0.4, 0.5) is 0 Å². The molecule has 0 bridgehead atoms. The van der Waals surface area contributed by atoms with Crippen molar-refractivity contribution in [2.24, 2.45) is 5.92 Å². The molecule has 2 rings (SSSR count). The molecule has 1 aromatic carbocycles. The summed E-state index contributed by atoms with van der Waals surface area (Å²) in [5.41, 5.74) is 0.0272. The van der Waals surface area contributed by atoms with E-state index in [-0.39, 0.29) is 35.8 Å². The Balaban J connectivity index is 2.27. The van der Waals surface area contributed by atoms with Crippen LogP contribution in [0.5, 0.6) is 5.75 Å². The standard InChI is InChI=1S/C16H22N2O7S/c1-11(16(20)21)10-17-15(19)13-9-12(3-4-14(13)24-2)26(22,23)18-5-7-25-8-6-18/h3-4,9,11H,5-8,10H2,1-2H3,(H,17,19)(H,20,21). The van der Waals surface area contributed by atoms with E-state index in [0.717, 1.165) is 0 Å². The van der Waals surface area contributed by atoms with Crippen LogP contribution in [-0.4, -0.2) is 69.7 Å². The average molecular weight is 386 g/mol. The van der Waals surface area contributed by atoms with Crippen molar-refractivity contribution >= 4 is 21.9 Å². The van der Waals surface area contributed by atoms with Gasteiger partial charge in [0.2, 0.25) is 10.0 Å². The molecular formula is C16H22N2O7S. The Morgan fingerprint density at radius 2 is 2.00 bits per heavy atom. The van der Waals surface area contributed by atoms with Crippen LogP contribution in [0, 0.1) is 5.92 Å². The molecule has 0 radical (unpaired) electrons. The van der Waals surface area contributed by atoms with Gasteiger partial charge in [-0.1, -0.05) is 6.92 Å². The number of hydrogen-bond acceptors (Lipinski definition) is 6. The fourth-order valence-corrected chi connectivity index (χ4v) is 3.82. The first-order valence-corrected chi connectivity index (χ1v) is 9.48. The van der Waals surface area contributed by atoms with Crippen LogP contribution in [0.1, 0.15) is 17.3 Å². The molecule has 1 fully saturated rings. The topological polar surface area (TPSA) is 122 Å². The van der Waals surface area contributed by atoms with E-state index in [4.69, 9.17) is 14.6 Å². The van der Waals surface area contributed by atoms with Gasteiger partial charge in [0.05, 0.1) is 36.7 Å². The summed E-state index contributed by atoms with van der Waals surface area (Å²) < 4.78 is 37.1. The molecule has 1 amide bonds. The lowest BCUT2D eigenvalue weighted by Gasteiger charge is -2.26. The number of morpholine rings is 1. The first kappa shape index (κ1) is 20.1. The lowest BCUT2D eigenvalue weighted by molar-refractivity contribution is -0.140. The van der Waals surface area contributed by atoms with Gasteiger partial charge in [0.15, 0.2) is 0 Å². The molecule has 1 atom stereocenters. The molecule has 2 N–H and O–H groups in total. The number of aliphatic carboxylic acids is 1. The summed E-state index contributed by atoms with van der Waals surface area (Å²) in [7, 11) is -2.40. The Morgan fingerprint density at radius 3 is 2.58 bits per heavy atom. The van der Waals surface area contributed by atoms with E-state index in [1.54, 1.807) is 0 Å². The van der Waals surface area contributed by atoms with Gasteiger partial charge in [-0.3, -0.25) is 9.59 Å². The number of methoxy groups -OCH3 is 1. The van der Waals surface area contributed by atoms with Gasteiger partial charge in [-0.2, -0.15) is 4.31 Å². The summed E-state index contributed by atoms with van der Waals surface area (Å²) in [6.07, 6.45) is 0. The highest BCUT2D eigenvalue weighted by Gasteiger charge is 2.28. The molecule has 0 aromatic heterocycles. The van der Waals surface area contributed by atoms with Crippen molar-refractivity contribution in [1.29, 1.82) is 0 Å². The number of amides is 1. The van der Waals surface area contributed by atoms with Crippen LogP contribution in [0.25, 0.3) is 0 Å². The van der Waals surface area contributed by atoms with E-state index in [0.29, 0.717) is 13.2 Å². The van der Waals surface area contributed by atoms with E-state index >= 15 is 0 Å². The summed E-state index contributed by atoms with van der Waals surface area (Å²) in [5, 5.41) is 11.4. The number of carbonyl (C=O) groups is 2. The molecule has 1 aliphatic heterocycles. The van der Waals surface area contributed by atoms with E-state index in [1.165, 1.54) is 36.5 Å². The van der Waals surface area contributed by atoms with Crippen LogP contribution in [-0.2, 0) is 19.6 Å². The van der Waals surface area contributed by atoms with E-state index in [1.807, 2.05) is 0 Å². The van der Waals surface area contributed by atoms with Gasteiger partial charge in [-0.15, -0.1) is 0 Å². The maximum absolute atomic E-state index is 12.7. The molecule has 10 heteroatoms. The summed E-state index contributed by atoms with van der Waals surface area (Å²) in [6, 6.07) is 4.02. The molecule has 1 aliphatic rings. The highest BCUT2D eigenvalue weighted by Crippen LogP contribution is 2.25. The highest BCUT2D eigenvalue weighted by atomic mass is 32.2. The summed E-state index contributed by atoms with van der Waals surface area (Å²) in [6.45, 7) is 2.49. The molecule has 0 aliphatic carbocycles. The van der Waals surface area contributed by atoms with E-state index in [9.17, 15) is 18.0 Å². The highest BCUT2D eigenvalue weighted by molar-refractivity contribution is 7.89. The normalized spacial score (nSPS) is 16.7. The molecule has 144 valence electrons. The maximum Gasteiger partial charge on any atom is 0.308 e. The largest absolute Gasteiger partial charge is 0.496 e. The van der Waals surface area contributed by atoms with Crippen molar-refractivity contribution < 1.29 is 32.6 Å². The van der Waals surface area contributed by atoms with Crippen LogP contribution in [0.15, 0.2) is 23.1 Å². The Kier molecular flexibility index (Phi) is 6.57. The van der Waals surface area contributed by atoms with Crippen LogP contribution >= 0.6 is 0 Å². The maximum atomic E-state index is 12.7. The number of carboxylic acid groups (broad SMARTS) is 1. The third-order valence-corrected chi connectivity index (χ3v) is 5.91. The van der Waals surface area contributed by atoms with Crippen molar-refractivity contribution in [3.8, 4) is 5.75 Å². The third-order valence-electron chi connectivity index (χ3n) is 4.01. The molecule has 0 spiro atoms. The van der Waals surface area contributed by atoms with Crippen molar-refractivity contribution in [3.63, 3.8) is 0 Å². The Bertz CT molecular complexity index is 773. The molecule has 1 heterocycles. The predicted molar refractivity (Wildman–Crippen MR) is 91.7 cm³/mol. The quantitative estimate of drug-likeness (QED) is 0.685. The van der Waals surface area contributed by atoms with Gasteiger partial charge in [0.25, 0.3) is 5.91 Å². The molecule has 1 unspecified atom stereocenters. The number of carbonyl (C=O) groups excluding carboxylic acids is 1. The molecular weight excluding hydrogens is 364 g/mol. The van der Waals surface area contributed by atoms with Crippen molar-refractivity contribution in [1.82, 2.24) is 9.62 Å². The lowest BCUT2D eigenvalue weighted by Crippen LogP contribution is -2.40. The smallest absolute Gasteiger partial charge is 0.308 e. The second kappa shape index (κ2) is 8.47. The molecule has 1 saturated heterocycles. The van der Waals surface area contributed by atoms with Gasteiger partial charge in [-0.05, 0) is 18.2 Å². The fourth-order valence-electron chi connectivity index (χ4n) is 2.39. The molecule has 9 nitrogen and oxygen atoms in total. The Morgan fingerprint density at radius 1 is 1.35 bits per heavy atom. The number of nitrogens with zero attached hydrogens (tertiary/aromatic N) is 1. The summed E-state index contributed by atoms with van der Waals surface area (Å²) >= 11 is 0. The van der Waals surface area contributed by atoms with Crippen molar-refractivity contribution in [2.75, 3.05) is 40.0 Å². The van der Waals surface area contributed by atoms with E-state index in [2.05, 4.69) is 5.32 Å². The zero-order valence-electron chi connectivity index (χ0n) is 14.6. The molecule has 26 heavy (non-hydrogen) atoms. The minimum atomic E-state index is -3.76. The Labute approximate surface area is 151 Å². The fraction of sp³-hybridized carbons (Fsp3) is 0.500. The number of hydrogen-bond donors (Lipinski definition) is 2. The molecule has 0 saturated carbocycles. The summed E-state index contributed by atoms with van der Waals surface area (Å²) in [4.78, 5) is 23.2. The van der Waals surface area contributed by atoms with Gasteiger partial charge in [0.1, 0.15) is 5.75 Å². The van der Waals surface area contributed by atoms with E-state index < -0.39 is 27.8 Å². The van der Waals surface area contributed by atoms with Crippen molar-refractivity contribution in [2.45, 2.75) is 11.8 Å². The minimum Gasteiger partial charge on any atom is -0.496 e. The monoisotopic (exact) mass is 386 g/mol. The Hall–Kier alpha value is -2.17. The average Bonchev–Trinajstić information content (AvgIpc) is 2.65. The number of rotatable bonds is 7. The third kappa shape index (κ3) is 4.51. The lowest BCUT2D eigenvalue weighted by atomic mass is 10.1. The zero-order chi connectivity index (χ0) is 19.3. The second-order valence-electron chi connectivity index (χ2n) is 5.83. The van der Waals surface area contributed by atoms with Gasteiger partial charge < -0.3 is 19.9 Å². The van der Waals surface area contributed by atoms with Crippen LogP contribution in [0.3, 0.4) is 0 Å². The SMILES string of the molecule is COc1ccc(S(=O)(=O)N2CCOCC2)cc1C(=O)NCC(C)C(=O)O. The van der Waals surface area contributed by atoms with Gasteiger partial charge in [0, 0.05) is 19.6 Å². The predicted octanol–water partition coefficient (Wildman–Crippen LogP) is 0.167. The number of carboxylic acids is 1. The molecule has 1 aromatic rings.